The molecule has 0 fully saturated rings. The molecule has 0 amide bonds. The molecular weight excluding hydrogens is 404 g/mol. The van der Waals surface area contributed by atoms with E-state index < -0.39 is 11.9 Å². The van der Waals surface area contributed by atoms with Crippen molar-refractivity contribution in [1.29, 1.82) is 0 Å². The van der Waals surface area contributed by atoms with Gasteiger partial charge >= 0.3 is 11.9 Å². The lowest BCUT2D eigenvalue weighted by Crippen LogP contribution is -2.08. The first-order valence-corrected chi connectivity index (χ1v) is 9.15. The van der Waals surface area contributed by atoms with E-state index >= 15 is 0 Å². The van der Waals surface area contributed by atoms with E-state index in [9.17, 15) is 30.3 Å². The zero-order valence-electron chi connectivity index (χ0n) is 15.9. The van der Waals surface area contributed by atoms with Gasteiger partial charge in [0.15, 0.2) is 11.5 Å². The second kappa shape index (κ2) is 7.94. The first-order chi connectivity index (χ1) is 15.0. The highest BCUT2D eigenvalue weighted by Gasteiger charge is 2.25. The number of rotatable bonds is 6. The van der Waals surface area contributed by atoms with E-state index in [0.29, 0.717) is 32.7 Å². The molecule has 0 bridgehead atoms. The van der Waals surface area contributed by atoms with Gasteiger partial charge in [-0.15, -0.1) is 0 Å². The molecule has 31 heavy (non-hydrogen) atoms. The van der Waals surface area contributed by atoms with Crippen LogP contribution in [-0.4, -0.2) is 32.7 Å². The van der Waals surface area contributed by atoms with Crippen molar-refractivity contribution < 1.29 is 40.1 Å². The molecular formula is C23H16O8. The van der Waals surface area contributed by atoms with E-state index in [1.54, 1.807) is 48.5 Å². The Balaban J connectivity index is 2.09. The summed E-state index contributed by atoms with van der Waals surface area (Å²) in [6, 6.07) is 16.6. The fourth-order valence-electron chi connectivity index (χ4n) is 3.86. The van der Waals surface area contributed by atoms with Crippen LogP contribution < -0.4 is 9.78 Å². The lowest BCUT2D eigenvalue weighted by atomic mass is 9.90. The Labute approximate surface area is 175 Å². The zero-order chi connectivity index (χ0) is 22.1. The quantitative estimate of drug-likeness (QED) is 0.261. The zero-order valence-corrected chi connectivity index (χ0v) is 15.9. The van der Waals surface area contributed by atoms with Gasteiger partial charge in [-0.3, -0.25) is 0 Å². The number of carboxylic acids is 2. The topological polar surface area (TPSA) is 134 Å². The Morgan fingerprint density at radius 3 is 1.42 bits per heavy atom. The number of hydrogen-bond acceptors (Lipinski definition) is 6. The van der Waals surface area contributed by atoms with Crippen molar-refractivity contribution in [2.24, 2.45) is 0 Å². The molecule has 4 rings (SSSR count). The number of benzene rings is 4. The number of carbonyl (C=O) groups is 2. The van der Waals surface area contributed by atoms with Crippen molar-refractivity contribution in [1.82, 2.24) is 0 Å². The van der Waals surface area contributed by atoms with Crippen LogP contribution in [0.1, 0.15) is 31.8 Å². The molecule has 0 aliphatic heterocycles. The van der Waals surface area contributed by atoms with Gasteiger partial charge in [0.05, 0.1) is 0 Å². The Morgan fingerprint density at radius 1 is 0.677 bits per heavy atom. The molecule has 0 radical (unpaired) electrons. The average molecular weight is 420 g/mol. The Bertz CT molecular complexity index is 1240. The minimum atomic E-state index is -1.31. The summed E-state index contributed by atoms with van der Waals surface area (Å²) in [6.07, 6.45) is -0.0882. The fraction of sp³-hybridized carbons (Fsp3) is 0.0435. The highest BCUT2D eigenvalue weighted by molar-refractivity contribution is 6.02. The van der Waals surface area contributed by atoms with Crippen LogP contribution in [0.3, 0.4) is 0 Å². The van der Waals surface area contributed by atoms with Gasteiger partial charge in [0.1, 0.15) is 11.1 Å². The standard InChI is InChI=1S/C23H16O8/c24-22(25)18-9-12-5-1-3-7-14(12)16(20(18)30-28)11-17-15-8-4-2-6-13(15)10-19(23(26)27)21(17)31-29/h1-10,28-29H,11H2,(H,24,25)(H,26,27). The molecule has 0 heterocycles. The van der Waals surface area contributed by atoms with Crippen LogP contribution in [-0.2, 0) is 6.42 Å². The number of carboxylic acid groups (broad SMARTS) is 2. The molecule has 4 aromatic rings. The largest absolute Gasteiger partial charge is 0.478 e. The summed E-state index contributed by atoms with van der Waals surface area (Å²) in [4.78, 5) is 32.5. The van der Waals surface area contributed by atoms with Crippen molar-refractivity contribution >= 4 is 33.5 Å². The van der Waals surface area contributed by atoms with Crippen molar-refractivity contribution in [2.45, 2.75) is 6.42 Å². The second-order valence-corrected chi connectivity index (χ2v) is 6.88. The Hall–Kier alpha value is -4.14. The lowest BCUT2D eigenvalue weighted by Gasteiger charge is -2.17. The van der Waals surface area contributed by atoms with E-state index in [-0.39, 0.29) is 29.0 Å². The smallest absolute Gasteiger partial charge is 0.339 e. The summed E-state index contributed by atoms with van der Waals surface area (Å²) in [7, 11) is 0. The monoisotopic (exact) mass is 420 g/mol. The second-order valence-electron chi connectivity index (χ2n) is 6.88. The SMILES string of the molecule is O=C(O)c1cc2ccccc2c(Cc2c(OO)c(C(=O)O)cc3ccccc23)c1OO. The normalized spacial score (nSPS) is 10.9. The molecule has 8 nitrogen and oxygen atoms in total. The van der Waals surface area contributed by atoms with Crippen LogP contribution in [0.2, 0.25) is 0 Å². The van der Waals surface area contributed by atoms with Gasteiger partial charge in [0.25, 0.3) is 0 Å². The predicted molar refractivity (Wildman–Crippen MR) is 111 cm³/mol. The van der Waals surface area contributed by atoms with E-state index in [2.05, 4.69) is 9.78 Å². The molecule has 0 saturated carbocycles. The van der Waals surface area contributed by atoms with Gasteiger partial charge in [-0.25, -0.2) is 20.1 Å². The summed E-state index contributed by atoms with van der Waals surface area (Å²) >= 11 is 0. The van der Waals surface area contributed by atoms with Gasteiger partial charge in [0.2, 0.25) is 0 Å². The van der Waals surface area contributed by atoms with E-state index in [1.165, 1.54) is 12.1 Å². The van der Waals surface area contributed by atoms with E-state index in [0.717, 1.165) is 0 Å². The third-order valence-electron chi connectivity index (χ3n) is 5.21. The van der Waals surface area contributed by atoms with Crippen molar-refractivity contribution in [2.75, 3.05) is 0 Å². The van der Waals surface area contributed by atoms with Crippen molar-refractivity contribution in [3.63, 3.8) is 0 Å². The van der Waals surface area contributed by atoms with E-state index in [4.69, 9.17) is 0 Å². The third kappa shape index (κ3) is 3.39. The minimum absolute atomic E-state index is 0.0882. The van der Waals surface area contributed by atoms with Crippen LogP contribution in [0.25, 0.3) is 21.5 Å². The summed E-state index contributed by atoms with van der Waals surface area (Å²) in [6.45, 7) is 0. The number of fused-ring (bicyclic) bond motifs is 2. The lowest BCUT2D eigenvalue weighted by molar-refractivity contribution is -0.139. The fourth-order valence-corrected chi connectivity index (χ4v) is 3.86. The highest BCUT2D eigenvalue weighted by atomic mass is 17.1. The molecule has 0 aliphatic rings. The number of aromatic carboxylic acids is 2. The molecule has 0 unspecified atom stereocenters. The average Bonchev–Trinajstić information content (AvgIpc) is 2.78. The van der Waals surface area contributed by atoms with Gasteiger partial charge in [-0.05, 0) is 33.7 Å². The van der Waals surface area contributed by atoms with Crippen LogP contribution in [0, 0.1) is 0 Å². The first-order valence-electron chi connectivity index (χ1n) is 9.15. The molecule has 0 saturated heterocycles. The van der Waals surface area contributed by atoms with Crippen LogP contribution in [0.5, 0.6) is 11.5 Å². The Morgan fingerprint density at radius 2 is 1.06 bits per heavy atom. The summed E-state index contributed by atoms with van der Waals surface area (Å²) < 4.78 is 0. The number of hydrogen-bond donors (Lipinski definition) is 4. The maximum Gasteiger partial charge on any atom is 0.339 e. The third-order valence-corrected chi connectivity index (χ3v) is 5.21. The van der Waals surface area contributed by atoms with Crippen LogP contribution in [0.4, 0.5) is 0 Å². The van der Waals surface area contributed by atoms with Crippen molar-refractivity contribution in [3.05, 3.63) is 82.9 Å². The van der Waals surface area contributed by atoms with E-state index in [1.807, 2.05) is 0 Å². The highest BCUT2D eigenvalue weighted by Crippen LogP contribution is 2.39. The summed E-state index contributed by atoms with van der Waals surface area (Å²) in [5, 5.41) is 40.6. The van der Waals surface area contributed by atoms with Gasteiger partial charge < -0.3 is 20.0 Å². The minimum Gasteiger partial charge on any atom is -0.478 e. The Kier molecular flexibility index (Phi) is 5.16. The van der Waals surface area contributed by atoms with Gasteiger partial charge in [-0.2, -0.15) is 0 Å². The molecule has 0 spiro atoms. The first kappa shape index (κ1) is 20.1. The van der Waals surface area contributed by atoms with Crippen molar-refractivity contribution in [3.8, 4) is 11.5 Å². The molecule has 0 aromatic heterocycles. The maximum atomic E-state index is 11.8. The maximum absolute atomic E-state index is 11.8. The summed E-state index contributed by atoms with van der Waals surface area (Å²) in [5.74, 6) is -3.17. The van der Waals surface area contributed by atoms with Crippen LogP contribution >= 0.6 is 0 Å². The molecule has 4 aromatic carbocycles. The predicted octanol–water partition coefficient (Wildman–Crippen LogP) is 4.68. The molecule has 4 N–H and O–H groups in total. The summed E-state index contributed by atoms with van der Waals surface area (Å²) in [5.41, 5.74) is 0.0655. The van der Waals surface area contributed by atoms with Gasteiger partial charge in [0, 0.05) is 17.5 Å². The van der Waals surface area contributed by atoms with Crippen LogP contribution in [0.15, 0.2) is 60.7 Å². The molecule has 0 atom stereocenters. The van der Waals surface area contributed by atoms with Gasteiger partial charge in [-0.1, -0.05) is 48.5 Å². The molecule has 8 heteroatoms. The molecule has 156 valence electrons. The molecule has 0 aliphatic carbocycles.